The van der Waals surface area contributed by atoms with E-state index in [-0.39, 0.29) is 56.2 Å². The van der Waals surface area contributed by atoms with Gasteiger partial charge in [-0.05, 0) is 42.3 Å². The van der Waals surface area contributed by atoms with Crippen LogP contribution in [0.15, 0.2) is 44.8 Å². The molecule has 1 saturated heterocycles. The van der Waals surface area contributed by atoms with E-state index in [1.54, 1.807) is 0 Å². The highest BCUT2D eigenvalue weighted by atomic mass is 35.5. The van der Waals surface area contributed by atoms with Gasteiger partial charge < -0.3 is 15.0 Å². The lowest BCUT2D eigenvalue weighted by molar-refractivity contribution is -0.274. The number of aromatic amines is 1. The maximum atomic E-state index is 13.4. The number of carbonyl (C=O) groups excluding carboxylic acids is 1. The molecule has 216 valence electrons. The van der Waals surface area contributed by atoms with Crippen molar-refractivity contribution >= 4 is 38.2 Å². The van der Waals surface area contributed by atoms with Gasteiger partial charge in [0, 0.05) is 43.2 Å². The number of ether oxygens (including phenoxy) is 1. The quantitative estimate of drug-likeness (QED) is 0.405. The third-order valence-corrected chi connectivity index (χ3v) is 8.59. The highest BCUT2D eigenvalue weighted by molar-refractivity contribution is 7.91. The molecule has 1 aliphatic heterocycles. The normalized spacial score (nSPS) is 16.4. The summed E-state index contributed by atoms with van der Waals surface area (Å²) in [7, 11) is -3.75. The Balaban J connectivity index is 1.78. The molecule has 3 aromatic rings. The summed E-state index contributed by atoms with van der Waals surface area (Å²) >= 11 is 6.04. The number of alkyl halides is 3. The summed E-state index contributed by atoms with van der Waals surface area (Å²) in [6, 6.07) is 5.95. The standard InChI is InChI=1S/C25H26ClF3N4O6S/c1-3-40(37,38)22-5-4-17(26)8-16(22)12-33-23(35)19-10-21(39-25(27,28)29)15(9-20(19)31-24(33)36)11-32-7-6-18(13-32)30-14(2)34/h4-5,8-10,18H,3,6-7,11-13H2,1-2H3,(H,30,34)(H,31,36). The molecule has 0 saturated carbocycles. The summed E-state index contributed by atoms with van der Waals surface area (Å²) in [5.74, 6) is -1.07. The van der Waals surface area contributed by atoms with E-state index in [1.807, 2.05) is 4.90 Å². The maximum absolute atomic E-state index is 13.4. The van der Waals surface area contributed by atoms with Gasteiger partial charge in [-0.25, -0.2) is 13.2 Å². The third-order valence-electron chi connectivity index (χ3n) is 6.53. The molecular formula is C25H26ClF3N4O6S. The highest BCUT2D eigenvalue weighted by Crippen LogP contribution is 2.31. The molecule has 0 bridgehead atoms. The van der Waals surface area contributed by atoms with Gasteiger partial charge in [0.15, 0.2) is 9.84 Å². The minimum Gasteiger partial charge on any atom is -0.405 e. The van der Waals surface area contributed by atoms with Gasteiger partial charge in [-0.3, -0.25) is 19.1 Å². The lowest BCUT2D eigenvalue weighted by Gasteiger charge is -2.20. The zero-order chi connectivity index (χ0) is 29.4. The number of aromatic nitrogens is 2. The topological polar surface area (TPSA) is 131 Å². The molecule has 4 rings (SSSR count). The van der Waals surface area contributed by atoms with E-state index in [0.717, 1.165) is 6.07 Å². The largest absolute Gasteiger partial charge is 0.573 e. The van der Waals surface area contributed by atoms with Crippen molar-refractivity contribution in [1.29, 1.82) is 0 Å². The van der Waals surface area contributed by atoms with Gasteiger partial charge in [0.05, 0.1) is 28.1 Å². The summed E-state index contributed by atoms with van der Waals surface area (Å²) in [6.45, 7) is 3.21. The van der Waals surface area contributed by atoms with Gasteiger partial charge in [0.1, 0.15) is 5.75 Å². The number of hydrogen-bond acceptors (Lipinski definition) is 7. The molecule has 2 aromatic carbocycles. The first-order chi connectivity index (χ1) is 18.7. The minimum atomic E-state index is -5.06. The van der Waals surface area contributed by atoms with Crippen molar-refractivity contribution in [3.8, 4) is 5.75 Å². The van der Waals surface area contributed by atoms with Crippen LogP contribution in [0.3, 0.4) is 0 Å². The lowest BCUT2D eigenvalue weighted by Crippen LogP contribution is -2.36. The van der Waals surface area contributed by atoms with Crippen LogP contribution in [0.2, 0.25) is 5.02 Å². The molecule has 15 heteroatoms. The predicted octanol–water partition coefficient (Wildman–Crippen LogP) is 2.79. The molecule has 10 nitrogen and oxygen atoms in total. The number of rotatable bonds is 8. The third kappa shape index (κ3) is 6.67. The van der Waals surface area contributed by atoms with Crippen molar-refractivity contribution in [3.05, 3.63) is 67.3 Å². The molecule has 1 atom stereocenters. The minimum absolute atomic E-state index is 0.00328. The van der Waals surface area contributed by atoms with Crippen LogP contribution in [-0.2, 0) is 27.7 Å². The Kier molecular flexibility index (Phi) is 8.33. The number of nitrogens with zero attached hydrogens (tertiary/aromatic N) is 2. The van der Waals surface area contributed by atoms with Crippen LogP contribution in [0.25, 0.3) is 10.9 Å². The molecule has 0 aliphatic carbocycles. The molecule has 1 aromatic heterocycles. The average molecular weight is 603 g/mol. The summed E-state index contributed by atoms with van der Waals surface area (Å²) in [6.07, 6.45) is -4.46. The van der Waals surface area contributed by atoms with E-state index >= 15 is 0 Å². The van der Waals surface area contributed by atoms with Crippen LogP contribution in [0.1, 0.15) is 31.4 Å². The zero-order valence-corrected chi connectivity index (χ0v) is 23.0. The van der Waals surface area contributed by atoms with Crippen LogP contribution < -0.4 is 21.3 Å². The fraction of sp³-hybridized carbons (Fsp3) is 0.400. The first kappa shape index (κ1) is 29.6. The highest BCUT2D eigenvalue weighted by Gasteiger charge is 2.33. The Hall–Kier alpha value is -3.36. The number of sulfone groups is 1. The number of carbonyl (C=O) groups is 1. The van der Waals surface area contributed by atoms with Gasteiger partial charge in [-0.15, -0.1) is 13.2 Å². The smallest absolute Gasteiger partial charge is 0.405 e. The average Bonchev–Trinajstić information content (AvgIpc) is 3.27. The summed E-state index contributed by atoms with van der Waals surface area (Å²) in [5, 5.41) is 2.68. The van der Waals surface area contributed by atoms with E-state index in [4.69, 9.17) is 11.6 Å². The number of nitrogens with one attached hydrogen (secondary N) is 2. The SMILES string of the molecule is CCS(=O)(=O)c1ccc(Cl)cc1Cn1c(=O)[nH]c2cc(CN3CCC(NC(C)=O)C3)c(OC(F)(F)F)cc2c1=O. The van der Waals surface area contributed by atoms with Crippen LogP contribution in [0.4, 0.5) is 13.2 Å². The van der Waals surface area contributed by atoms with Gasteiger partial charge in [0.25, 0.3) is 5.56 Å². The molecule has 0 radical (unpaired) electrons. The number of benzene rings is 2. The van der Waals surface area contributed by atoms with Crippen LogP contribution >= 0.6 is 11.6 Å². The number of likely N-dealkylation sites (tertiary alicyclic amines) is 1. The lowest BCUT2D eigenvalue weighted by atomic mass is 10.1. The monoisotopic (exact) mass is 602 g/mol. The summed E-state index contributed by atoms with van der Waals surface area (Å²) in [5.41, 5.74) is -1.69. The van der Waals surface area contributed by atoms with Crippen LogP contribution in [0, 0.1) is 0 Å². The number of hydrogen-bond donors (Lipinski definition) is 2. The second-order valence-corrected chi connectivity index (χ2v) is 12.1. The Labute approximate surface area is 231 Å². The first-order valence-corrected chi connectivity index (χ1v) is 14.3. The molecule has 1 unspecified atom stereocenters. The van der Waals surface area contributed by atoms with Crippen LogP contribution in [-0.4, -0.2) is 60.0 Å². The number of H-pyrrole nitrogens is 1. The second-order valence-electron chi connectivity index (χ2n) is 9.45. The van der Waals surface area contributed by atoms with Gasteiger partial charge in [-0.1, -0.05) is 18.5 Å². The van der Waals surface area contributed by atoms with Crippen molar-refractivity contribution in [3.63, 3.8) is 0 Å². The second kappa shape index (κ2) is 11.3. The number of fused-ring (bicyclic) bond motifs is 1. The molecule has 1 aliphatic rings. The van der Waals surface area contributed by atoms with E-state index in [0.29, 0.717) is 24.1 Å². The molecule has 2 heterocycles. The molecule has 2 N–H and O–H groups in total. The van der Waals surface area contributed by atoms with E-state index in [9.17, 15) is 36.0 Å². The fourth-order valence-corrected chi connectivity index (χ4v) is 6.04. The Morgan fingerprint density at radius 1 is 1.18 bits per heavy atom. The molecule has 1 fully saturated rings. The zero-order valence-electron chi connectivity index (χ0n) is 21.5. The predicted molar refractivity (Wildman–Crippen MR) is 141 cm³/mol. The Morgan fingerprint density at radius 3 is 2.55 bits per heavy atom. The Bertz CT molecular complexity index is 1690. The van der Waals surface area contributed by atoms with E-state index in [2.05, 4.69) is 15.0 Å². The van der Waals surface area contributed by atoms with E-state index < -0.39 is 39.7 Å². The Morgan fingerprint density at radius 2 is 1.90 bits per heavy atom. The van der Waals surface area contributed by atoms with E-state index in [1.165, 1.54) is 38.1 Å². The molecular weight excluding hydrogens is 577 g/mol. The fourth-order valence-electron chi connectivity index (χ4n) is 4.74. The van der Waals surface area contributed by atoms with Crippen molar-refractivity contribution in [2.24, 2.45) is 0 Å². The van der Waals surface area contributed by atoms with Crippen LogP contribution in [0.5, 0.6) is 5.75 Å². The van der Waals surface area contributed by atoms with Crippen molar-refractivity contribution < 1.29 is 31.1 Å². The molecule has 0 spiro atoms. The van der Waals surface area contributed by atoms with Gasteiger partial charge in [-0.2, -0.15) is 0 Å². The first-order valence-electron chi connectivity index (χ1n) is 12.2. The van der Waals surface area contributed by atoms with Crippen molar-refractivity contribution in [1.82, 2.24) is 19.8 Å². The maximum Gasteiger partial charge on any atom is 0.573 e. The van der Waals surface area contributed by atoms with Gasteiger partial charge in [0.2, 0.25) is 5.91 Å². The van der Waals surface area contributed by atoms with Crippen molar-refractivity contribution in [2.75, 3.05) is 18.8 Å². The summed E-state index contributed by atoms with van der Waals surface area (Å²) < 4.78 is 70.0. The molecule has 40 heavy (non-hydrogen) atoms. The number of amides is 1. The summed E-state index contributed by atoms with van der Waals surface area (Å²) in [4.78, 5) is 41.9. The van der Waals surface area contributed by atoms with Crippen molar-refractivity contribution in [2.45, 2.75) is 50.7 Å². The van der Waals surface area contributed by atoms with Gasteiger partial charge >= 0.3 is 12.1 Å². The number of halogens is 4. The molecule has 1 amide bonds.